The molecule has 178 valence electrons. The number of nitro groups is 1. The highest BCUT2D eigenvalue weighted by Gasteiger charge is 2.23. The molecule has 9 nitrogen and oxygen atoms in total. The fraction of sp³-hybridized carbons (Fsp3) is 0.0952. The van der Waals surface area contributed by atoms with Crippen LogP contribution >= 0.6 is 11.6 Å². The lowest BCUT2D eigenvalue weighted by molar-refractivity contribution is -0.385. The van der Waals surface area contributed by atoms with Crippen molar-refractivity contribution in [1.82, 2.24) is 0 Å². The molecule has 0 saturated carbocycles. The molecule has 0 unspecified atom stereocenters. The third kappa shape index (κ3) is 6.17. The fourth-order valence-corrected chi connectivity index (χ4v) is 4.20. The summed E-state index contributed by atoms with van der Waals surface area (Å²) in [5.41, 5.74) is 2.61. The van der Waals surface area contributed by atoms with Gasteiger partial charge in [0, 0.05) is 28.4 Å². The lowest BCUT2D eigenvalue weighted by Gasteiger charge is -2.13. The minimum atomic E-state index is -4.30. The van der Waals surface area contributed by atoms with Gasteiger partial charge in [-0.1, -0.05) is 23.7 Å². The summed E-state index contributed by atoms with van der Waals surface area (Å²) in [6.07, 6.45) is 0. The molecule has 0 spiro atoms. The zero-order valence-corrected chi connectivity index (χ0v) is 19.0. The molecule has 0 radical (unpaired) electrons. The van der Waals surface area contributed by atoms with Gasteiger partial charge in [-0.2, -0.15) is 13.9 Å². The van der Waals surface area contributed by atoms with Gasteiger partial charge in [0.05, 0.1) is 16.3 Å². The normalized spacial score (nSPS) is 11.9. The number of rotatable bonds is 9. The minimum absolute atomic E-state index is 0.0846. The number of hydrogen-bond acceptors (Lipinski definition) is 7. The number of nitrogens with one attached hydrogen (secondary N) is 2. The third-order valence-corrected chi connectivity index (χ3v) is 6.07. The fourth-order valence-electron chi connectivity index (χ4n) is 2.84. The maximum absolute atomic E-state index is 13.0. The van der Waals surface area contributed by atoms with Crippen LogP contribution in [0.3, 0.4) is 0 Å². The highest BCUT2D eigenvalue weighted by atomic mass is 35.5. The molecule has 3 aromatic rings. The van der Waals surface area contributed by atoms with Gasteiger partial charge in [-0.15, -0.1) is 0 Å². The number of nitrogens with zero attached hydrogens (tertiary/aromatic N) is 2. The van der Waals surface area contributed by atoms with Crippen LogP contribution in [0.1, 0.15) is 12.5 Å². The van der Waals surface area contributed by atoms with Gasteiger partial charge in [-0.3, -0.25) is 20.3 Å². The van der Waals surface area contributed by atoms with Crippen LogP contribution in [0.5, 0.6) is 5.75 Å². The summed E-state index contributed by atoms with van der Waals surface area (Å²) < 4.78 is 58.2. The highest BCUT2D eigenvalue weighted by molar-refractivity contribution is 7.92. The zero-order chi connectivity index (χ0) is 24.9. The largest absolute Gasteiger partial charge is 0.434 e. The number of benzene rings is 3. The maximum atomic E-state index is 13.0. The average Bonchev–Trinajstić information content (AvgIpc) is 2.78. The Hall–Kier alpha value is -3.77. The quantitative estimate of drug-likeness (QED) is 0.223. The predicted molar refractivity (Wildman–Crippen MR) is 124 cm³/mol. The van der Waals surface area contributed by atoms with E-state index in [-0.39, 0.29) is 28.4 Å². The van der Waals surface area contributed by atoms with E-state index < -0.39 is 32.1 Å². The van der Waals surface area contributed by atoms with Crippen LogP contribution in [-0.2, 0) is 10.0 Å². The number of hydrogen-bond donors (Lipinski definition) is 2. The first kappa shape index (κ1) is 24.9. The van der Waals surface area contributed by atoms with E-state index in [1.54, 1.807) is 6.07 Å². The second-order valence-corrected chi connectivity index (χ2v) is 8.82. The van der Waals surface area contributed by atoms with E-state index in [0.29, 0.717) is 5.02 Å². The van der Waals surface area contributed by atoms with Crippen molar-refractivity contribution in [2.75, 3.05) is 10.1 Å². The first-order valence-electron chi connectivity index (χ1n) is 9.48. The van der Waals surface area contributed by atoms with Crippen molar-refractivity contribution in [3.05, 3.63) is 87.4 Å². The molecule has 0 aliphatic rings. The number of sulfonamides is 1. The molecule has 3 aromatic carbocycles. The number of alkyl halides is 2. The van der Waals surface area contributed by atoms with Crippen molar-refractivity contribution < 1.29 is 26.9 Å². The van der Waals surface area contributed by atoms with E-state index in [4.69, 9.17) is 11.6 Å². The molecular weight excluding hydrogens is 494 g/mol. The van der Waals surface area contributed by atoms with Crippen LogP contribution in [0.2, 0.25) is 5.02 Å². The van der Waals surface area contributed by atoms with Crippen molar-refractivity contribution in [2.24, 2.45) is 5.10 Å². The first-order chi connectivity index (χ1) is 16.1. The molecule has 13 heteroatoms. The second-order valence-electron chi connectivity index (χ2n) is 6.73. The summed E-state index contributed by atoms with van der Waals surface area (Å²) >= 11 is 5.81. The number of para-hydroxylation sites is 1. The molecule has 0 atom stereocenters. The second kappa shape index (κ2) is 10.4. The van der Waals surface area contributed by atoms with Crippen LogP contribution in [0, 0.1) is 10.1 Å². The van der Waals surface area contributed by atoms with Gasteiger partial charge in [0.15, 0.2) is 0 Å². The molecule has 34 heavy (non-hydrogen) atoms. The zero-order valence-electron chi connectivity index (χ0n) is 17.4. The Morgan fingerprint density at radius 1 is 1.12 bits per heavy atom. The summed E-state index contributed by atoms with van der Waals surface area (Å²) in [5, 5.41) is 15.7. The van der Waals surface area contributed by atoms with Crippen molar-refractivity contribution in [3.63, 3.8) is 0 Å². The van der Waals surface area contributed by atoms with Gasteiger partial charge in [-0.05, 0) is 49.4 Å². The molecule has 0 heterocycles. The smallest absolute Gasteiger partial charge is 0.387 e. The Bertz CT molecular complexity index is 1340. The Labute approximate surface area is 198 Å². The number of non-ortho nitro benzene ring substituents is 1. The maximum Gasteiger partial charge on any atom is 0.387 e. The number of nitro benzene ring substituents is 1. The van der Waals surface area contributed by atoms with Gasteiger partial charge < -0.3 is 4.74 Å². The van der Waals surface area contributed by atoms with Crippen LogP contribution < -0.4 is 14.9 Å². The molecular formula is C21H17ClF2N4O5S. The average molecular weight is 511 g/mol. The van der Waals surface area contributed by atoms with Crippen molar-refractivity contribution in [2.45, 2.75) is 18.4 Å². The van der Waals surface area contributed by atoms with Gasteiger partial charge in [0.1, 0.15) is 10.6 Å². The van der Waals surface area contributed by atoms with Crippen LogP contribution in [0.25, 0.3) is 0 Å². The van der Waals surface area contributed by atoms with E-state index in [1.165, 1.54) is 55.5 Å². The van der Waals surface area contributed by atoms with E-state index in [0.717, 1.165) is 12.1 Å². The third-order valence-electron chi connectivity index (χ3n) is 4.40. The Morgan fingerprint density at radius 3 is 2.44 bits per heavy atom. The molecule has 3 rings (SSSR count). The van der Waals surface area contributed by atoms with Crippen molar-refractivity contribution >= 4 is 44.4 Å². The van der Waals surface area contributed by atoms with Gasteiger partial charge >= 0.3 is 6.61 Å². The van der Waals surface area contributed by atoms with E-state index in [1.807, 2.05) is 0 Å². The molecule has 0 bridgehead atoms. The van der Waals surface area contributed by atoms with Crippen LogP contribution in [0.4, 0.5) is 25.8 Å². The summed E-state index contributed by atoms with van der Waals surface area (Å²) in [4.78, 5) is 10.0. The number of ether oxygens (including phenoxy) is 1. The lowest BCUT2D eigenvalue weighted by Crippen LogP contribution is -2.15. The Morgan fingerprint density at radius 2 is 1.79 bits per heavy atom. The molecule has 0 aliphatic heterocycles. The van der Waals surface area contributed by atoms with Gasteiger partial charge in [0.25, 0.3) is 15.7 Å². The Kier molecular flexibility index (Phi) is 7.64. The number of hydrazone groups is 1. The van der Waals surface area contributed by atoms with Gasteiger partial charge in [-0.25, -0.2) is 8.42 Å². The summed E-state index contributed by atoms with van der Waals surface area (Å²) in [7, 11) is -4.30. The molecule has 0 aromatic heterocycles. The molecule has 0 amide bonds. The SMILES string of the molecule is C/C(=N\Nc1ccc([N+](=O)[O-])cc1S(=O)(=O)Nc1ccc(Cl)cc1)c1ccccc1OC(F)F. The van der Waals surface area contributed by atoms with E-state index in [9.17, 15) is 27.3 Å². The number of anilines is 2. The number of halogens is 3. The molecule has 2 N–H and O–H groups in total. The van der Waals surface area contributed by atoms with E-state index >= 15 is 0 Å². The molecule has 0 aliphatic carbocycles. The predicted octanol–water partition coefficient (Wildman–Crippen LogP) is 5.49. The monoisotopic (exact) mass is 510 g/mol. The lowest BCUT2D eigenvalue weighted by atomic mass is 10.1. The summed E-state index contributed by atoms with van der Waals surface area (Å²) in [5.74, 6) is -0.124. The van der Waals surface area contributed by atoms with Crippen LogP contribution in [0.15, 0.2) is 76.7 Å². The molecule has 0 fully saturated rings. The van der Waals surface area contributed by atoms with Crippen molar-refractivity contribution in [1.29, 1.82) is 0 Å². The topological polar surface area (TPSA) is 123 Å². The summed E-state index contributed by atoms with van der Waals surface area (Å²) in [6, 6.07) is 14.9. The van der Waals surface area contributed by atoms with Crippen molar-refractivity contribution in [3.8, 4) is 5.75 Å². The standard InChI is InChI=1S/C21H17ClF2N4O5S/c1-13(17-4-2-3-5-19(17)33-21(23)24)25-26-18-11-10-16(28(29)30)12-20(18)34(31,32)27-15-8-6-14(22)7-9-15/h2-12,21,26-27H,1H3/b25-13+. The Balaban J connectivity index is 1.98. The van der Waals surface area contributed by atoms with E-state index in [2.05, 4.69) is 20.0 Å². The molecule has 0 saturated heterocycles. The minimum Gasteiger partial charge on any atom is -0.434 e. The highest BCUT2D eigenvalue weighted by Crippen LogP contribution is 2.29. The van der Waals surface area contributed by atoms with Crippen LogP contribution in [-0.4, -0.2) is 25.7 Å². The first-order valence-corrected chi connectivity index (χ1v) is 11.3. The van der Waals surface area contributed by atoms with Gasteiger partial charge in [0.2, 0.25) is 0 Å². The summed E-state index contributed by atoms with van der Waals surface area (Å²) in [6.45, 7) is -1.56.